The molecule has 17 atom stereocenters. The van der Waals surface area contributed by atoms with Gasteiger partial charge in [0.2, 0.25) is 94.5 Å². The quantitative estimate of drug-likeness (QED) is 0.0234. The number of aromatic hydroxyl groups is 2. The monoisotopic (exact) mass is 1880 g/mol. The lowest BCUT2D eigenvalue weighted by Crippen LogP contribution is -2.63. The summed E-state index contributed by atoms with van der Waals surface area (Å²) in [5, 5.41) is 138. The molecule has 0 radical (unpaired) electrons. The molecule has 16 amide bonds. The Morgan fingerprint density at radius 1 is 0.439 bits per heavy atom. The smallest absolute Gasteiger partial charge is 0.305 e. The van der Waals surface area contributed by atoms with Gasteiger partial charge in [-0.2, -0.15) is 0 Å². The first-order chi connectivity index (χ1) is 62.4. The number of hydrogen-bond donors (Lipinski definition) is 26. The van der Waals surface area contributed by atoms with Crippen LogP contribution in [0.25, 0.3) is 0 Å². The minimum absolute atomic E-state index is 0.0581. The van der Waals surface area contributed by atoms with E-state index in [1.165, 1.54) is 72.5 Å². The van der Waals surface area contributed by atoms with Crippen LogP contribution >= 0.6 is 11.8 Å². The number of amides is 16. The van der Waals surface area contributed by atoms with Crippen molar-refractivity contribution < 1.29 is 142 Å². The van der Waals surface area contributed by atoms with Gasteiger partial charge in [-0.3, -0.25) is 91.1 Å². The molecule has 132 heavy (non-hydrogen) atoms. The topological polar surface area (TPSA) is 736 Å². The third-order valence-electron chi connectivity index (χ3n) is 20.9. The van der Waals surface area contributed by atoms with Crippen molar-refractivity contribution in [2.24, 2.45) is 17.6 Å². The zero-order valence-corrected chi connectivity index (χ0v) is 75.1. The third-order valence-corrected chi connectivity index (χ3v) is 21.8. The predicted octanol–water partition coefficient (Wildman–Crippen LogP) is -6.82. The van der Waals surface area contributed by atoms with Gasteiger partial charge in [0.05, 0.1) is 69.0 Å². The Balaban J connectivity index is 1.52. The van der Waals surface area contributed by atoms with Crippen LogP contribution in [0.15, 0.2) is 78.9 Å². The lowest BCUT2D eigenvalue weighted by molar-refractivity contribution is -0.142. The largest absolute Gasteiger partial charge is 0.508 e. The molecule has 0 spiro atoms. The van der Waals surface area contributed by atoms with Gasteiger partial charge in [-0.25, -0.2) is 0 Å². The number of aliphatic hydroxyl groups is 5. The molecule has 3 aromatic carbocycles. The zero-order valence-electron chi connectivity index (χ0n) is 74.3. The zero-order chi connectivity index (χ0) is 98.6. The number of hydrogen-bond acceptors (Lipinski definition) is 28. The van der Waals surface area contributed by atoms with Gasteiger partial charge in [0.25, 0.3) is 0 Å². The van der Waals surface area contributed by atoms with Crippen molar-refractivity contribution in [1.29, 1.82) is 0 Å². The Morgan fingerprint density at radius 3 is 1.33 bits per heavy atom. The number of nitrogens with one attached hydrogen (secondary N) is 15. The van der Waals surface area contributed by atoms with Gasteiger partial charge in [0.15, 0.2) is 0 Å². The number of likely N-dealkylation sites (tertiary alicyclic amines) is 1. The van der Waals surface area contributed by atoms with Crippen molar-refractivity contribution in [3.05, 3.63) is 95.6 Å². The molecule has 47 heteroatoms. The van der Waals surface area contributed by atoms with E-state index in [1.54, 1.807) is 45.9 Å². The minimum Gasteiger partial charge on any atom is -0.508 e. The van der Waals surface area contributed by atoms with Crippen LogP contribution in [0.1, 0.15) is 136 Å². The molecule has 0 saturated carbocycles. The maximum Gasteiger partial charge on any atom is 0.305 e. The van der Waals surface area contributed by atoms with Gasteiger partial charge in [0.1, 0.15) is 84.0 Å². The normalized spacial score (nSPS) is 16.0. The molecule has 1 aliphatic rings. The van der Waals surface area contributed by atoms with Gasteiger partial charge in [-0.05, 0) is 112 Å². The number of unbranched alkanes of at least 4 members (excludes halogenated alkanes) is 1. The standard InChI is InChI=1S/C85H125N17O29S/c1-8-45(4)71(83(129)95-58(35-51-19-24-54(109)25-20-51)77(123)91-56(32-44(2)3)76(122)93-60(36-69(116)117)75(121)89-46(5)14-12-13-29-86)100-82(128)63(41-105)97-78(124)57(34-50-17-22-53(108)23-18-50)92-79(125)61(37-70(118)119)94-81(127)62(40-104)98-85(131)73(48(7)107)101-80(126)59(33-49-15-10-9-11-16-49)96-84(130)72(47(6)106)99-64(110)38-88-74(120)55(26-28-68(114)115)90-66(112)43-132-42-65(111)87-30-31-102-52(39-103)21-27-67(102)113/h9-11,15-20,22-25,44-48,52,55-63,71-73,103-109H,8,12-14,21,26-43,86H2,1-7H3,(H,87,111)(H,88,120)(H,89,121)(H,90,112)(H,91,123)(H,92,125)(H,93,122)(H,94,127)(H,95,129)(H,96,130)(H,97,124)(H,98,131)(H,99,110)(H,100,128)(H,101,126)(H,114,115)(H,116,117)(H,118,119)/t45-,46+,47+,48+,52+,55-,56-,57-,58-,59-,60-,61-,62-,63-,71-,72-,73-/m0/s1. The Labute approximate surface area is 764 Å². The highest BCUT2D eigenvalue weighted by Crippen LogP contribution is 2.20. The Hall–Kier alpha value is -12.7. The fourth-order valence-electron chi connectivity index (χ4n) is 13.4. The summed E-state index contributed by atoms with van der Waals surface area (Å²) in [6.45, 7) is 7.12. The average molecular weight is 1880 g/mol. The van der Waals surface area contributed by atoms with Crippen molar-refractivity contribution in [1.82, 2.24) is 84.7 Å². The summed E-state index contributed by atoms with van der Waals surface area (Å²) < 4.78 is 0. The first-order valence-electron chi connectivity index (χ1n) is 42.9. The molecular weight excluding hydrogens is 1760 g/mol. The number of nitrogens with zero attached hydrogens (tertiary/aromatic N) is 1. The van der Waals surface area contributed by atoms with E-state index in [1.807, 2.05) is 0 Å². The minimum atomic E-state index is -2.23. The van der Waals surface area contributed by atoms with Crippen molar-refractivity contribution in [2.45, 2.75) is 235 Å². The summed E-state index contributed by atoms with van der Waals surface area (Å²) in [7, 11) is 0. The molecule has 0 unspecified atom stereocenters. The predicted molar refractivity (Wildman–Crippen MR) is 470 cm³/mol. The Kier molecular flexibility index (Phi) is 48.6. The molecule has 1 aliphatic heterocycles. The molecule has 1 fully saturated rings. The number of carbonyl (C=O) groups excluding carboxylic acids is 16. The summed E-state index contributed by atoms with van der Waals surface area (Å²) in [4.78, 5) is 259. The molecule has 3 aromatic rings. The molecule has 46 nitrogen and oxygen atoms in total. The van der Waals surface area contributed by atoms with Crippen LogP contribution in [-0.4, -0.2) is 323 Å². The van der Waals surface area contributed by atoms with Gasteiger partial charge in [0, 0.05) is 51.2 Å². The third kappa shape index (κ3) is 39.9. The van der Waals surface area contributed by atoms with Crippen LogP contribution in [0.2, 0.25) is 0 Å². The van der Waals surface area contributed by atoms with Gasteiger partial charge >= 0.3 is 17.9 Å². The van der Waals surface area contributed by atoms with E-state index in [0.717, 1.165) is 25.6 Å². The number of benzene rings is 3. The van der Waals surface area contributed by atoms with Crippen LogP contribution in [0.4, 0.5) is 0 Å². The van der Waals surface area contributed by atoms with E-state index in [-0.39, 0.29) is 86.1 Å². The van der Waals surface area contributed by atoms with E-state index in [2.05, 4.69) is 79.8 Å². The van der Waals surface area contributed by atoms with E-state index in [4.69, 9.17) is 5.73 Å². The van der Waals surface area contributed by atoms with Crippen LogP contribution in [0, 0.1) is 11.8 Å². The molecule has 4 rings (SSSR count). The molecule has 27 N–H and O–H groups in total. The van der Waals surface area contributed by atoms with Crippen molar-refractivity contribution in [3.63, 3.8) is 0 Å². The van der Waals surface area contributed by atoms with Crippen LogP contribution in [0.5, 0.6) is 11.5 Å². The molecule has 1 saturated heterocycles. The van der Waals surface area contributed by atoms with Crippen LogP contribution < -0.4 is 85.5 Å². The molecular formula is C85H125N17O29S. The number of phenolic OH excluding ortho intramolecular Hbond substituents is 2. The number of carboxylic acids is 3. The lowest BCUT2D eigenvalue weighted by atomic mass is 9.96. The van der Waals surface area contributed by atoms with Gasteiger partial charge < -0.3 is 141 Å². The van der Waals surface area contributed by atoms with E-state index in [9.17, 15) is 142 Å². The number of phenols is 2. The van der Waals surface area contributed by atoms with Crippen molar-refractivity contribution >= 4 is 124 Å². The van der Waals surface area contributed by atoms with Gasteiger partial charge in [-0.1, -0.05) is 95.1 Å². The summed E-state index contributed by atoms with van der Waals surface area (Å²) in [5.74, 6) is -23.8. The Morgan fingerprint density at radius 2 is 0.856 bits per heavy atom. The van der Waals surface area contributed by atoms with Crippen LogP contribution in [-0.2, 0) is 110 Å². The number of nitrogens with two attached hydrogens (primary N) is 1. The fourth-order valence-corrected chi connectivity index (χ4v) is 14.1. The Bertz CT molecular complexity index is 4400. The number of carboxylic acid groups (broad SMARTS) is 3. The highest BCUT2D eigenvalue weighted by molar-refractivity contribution is 8.00. The van der Waals surface area contributed by atoms with E-state index in [0.29, 0.717) is 43.4 Å². The second-order valence-electron chi connectivity index (χ2n) is 32.3. The number of aliphatic hydroxyl groups excluding tert-OH is 5. The van der Waals surface area contributed by atoms with Crippen molar-refractivity contribution in [2.75, 3.05) is 57.5 Å². The number of rotatable bonds is 60. The van der Waals surface area contributed by atoms with Crippen LogP contribution in [0.3, 0.4) is 0 Å². The second kappa shape index (κ2) is 57.5. The number of aliphatic carboxylic acids is 3. The number of carbonyl (C=O) groups is 19. The lowest BCUT2D eigenvalue weighted by Gasteiger charge is -2.30. The molecule has 1 heterocycles. The maximum absolute atomic E-state index is 14.7. The SMILES string of the molecule is CC[C@H](C)[C@H](NC(=O)[C@H](CO)NC(=O)[C@H](Cc1ccc(O)cc1)NC(=O)[C@H](CC(=O)O)NC(=O)[C@H](CO)NC(=O)[C@@H](NC(=O)[C@H](Cc1ccccc1)NC(=O)[C@@H](NC(=O)CNC(=O)[C@H](CCC(=O)O)NC(=O)CSCC(=O)NCCN1C(=O)CC[C@@H]1CO)[C@@H](C)O)[C@@H](C)O)C(=O)N[C@@H](Cc1ccc(O)cc1)C(=O)N[C@@H](CC(C)C)C(=O)N[C@@H](CC(=O)O)C(=O)N[C@H](C)CCCCN. The number of thioether (sulfide) groups is 1. The highest BCUT2D eigenvalue weighted by atomic mass is 32.2. The van der Waals surface area contributed by atoms with Gasteiger partial charge in [-0.15, -0.1) is 11.8 Å². The molecule has 0 aromatic heterocycles. The maximum atomic E-state index is 14.7. The highest BCUT2D eigenvalue weighted by Gasteiger charge is 2.41. The summed E-state index contributed by atoms with van der Waals surface area (Å²) in [6.07, 6.45) is -5.69. The summed E-state index contributed by atoms with van der Waals surface area (Å²) in [5.41, 5.74) is 6.48. The van der Waals surface area contributed by atoms with E-state index >= 15 is 0 Å². The molecule has 730 valence electrons. The van der Waals surface area contributed by atoms with E-state index < -0.39 is 267 Å². The molecule has 0 aliphatic carbocycles. The average Bonchev–Trinajstić information content (AvgIpc) is 0.949. The fraction of sp³-hybridized carbons (Fsp3) is 0.565. The first kappa shape index (κ1) is 112. The van der Waals surface area contributed by atoms with Crippen molar-refractivity contribution in [3.8, 4) is 11.5 Å². The first-order valence-corrected chi connectivity index (χ1v) is 44.0. The summed E-state index contributed by atoms with van der Waals surface area (Å²) in [6, 6.07) is -4.71. The summed E-state index contributed by atoms with van der Waals surface area (Å²) >= 11 is 0.827. The second-order valence-corrected chi connectivity index (χ2v) is 33.3. The molecule has 0 bridgehead atoms.